The molecular formula is C14H24N2O3S. The van der Waals surface area contributed by atoms with Gasteiger partial charge in [-0.25, -0.2) is 13.1 Å². The third-order valence-corrected chi connectivity index (χ3v) is 4.48. The van der Waals surface area contributed by atoms with Crippen molar-refractivity contribution in [3.05, 3.63) is 24.3 Å². The summed E-state index contributed by atoms with van der Waals surface area (Å²) in [7, 11) is -3.54. The van der Waals surface area contributed by atoms with Gasteiger partial charge < -0.3 is 10.5 Å². The zero-order valence-corrected chi connectivity index (χ0v) is 13.1. The summed E-state index contributed by atoms with van der Waals surface area (Å²) in [5.74, 6) is 0.812. The van der Waals surface area contributed by atoms with Gasteiger partial charge in [0.2, 0.25) is 10.0 Å². The van der Waals surface area contributed by atoms with Crippen LogP contribution in [0, 0.1) is 5.92 Å². The molecule has 1 unspecified atom stereocenters. The minimum absolute atomic E-state index is 0.141. The van der Waals surface area contributed by atoms with Crippen LogP contribution in [0.3, 0.4) is 0 Å². The quantitative estimate of drug-likeness (QED) is 0.766. The molecule has 114 valence electrons. The monoisotopic (exact) mass is 300 g/mol. The summed E-state index contributed by atoms with van der Waals surface area (Å²) in [5.41, 5.74) is 5.59. The second kappa shape index (κ2) is 7.61. The number of hydrogen-bond acceptors (Lipinski definition) is 4. The van der Waals surface area contributed by atoms with Crippen LogP contribution in [0.4, 0.5) is 0 Å². The van der Waals surface area contributed by atoms with Crippen molar-refractivity contribution in [1.29, 1.82) is 0 Å². The molecule has 0 amide bonds. The first-order valence-corrected chi connectivity index (χ1v) is 8.34. The van der Waals surface area contributed by atoms with E-state index in [1.807, 2.05) is 20.8 Å². The summed E-state index contributed by atoms with van der Waals surface area (Å²) < 4.78 is 32.5. The normalized spacial score (nSPS) is 13.4. The van der Waals surface area contributed by atoms with E-state index >= 15 is 0 Å². The number of hydrogen-bond donors (Lipinski definition) is 2. The van der Waals surface area contributed by atoms with Crippen LogP contribution in [-0.4, -0.2) is 27.6 Å². The van der Waals surface area contributed by atoms with Gasteiger partial charge in [-0.1, -0.05) is 20.8 Å². The Morgan fingerprint density at radius 3 is 2.30 bits per heavy atom. The summed E-state index contributed by atoms with van der Waals surface area (Å²) in [6, 6.07) is 6.15. The number of benzene rings is 1. The molecule has 0 aliphatic rings. The molecule has 0 aliphatic heterocycles. The molecule has 5 nitrogen and oxygen atoms in total. The summed E-state index contributed by atoms with van der Waals surface area (Å²) in [4.78, 5) is 0.223. The molecule has 0 saturated heterocycles. The van der Waals surface area contributed by atoms with Gasteiger partial charge >= 0.3 is 0 Å². The SMILES string of the molecule is CCCOc1ccc(S(=O)(=O)NC(CN)C(C)C)cc1. The van der Waals surface area contributed by atoms with Crippen molar-refractivity contribution in [1.82, 2.24) is 4.72 Å². The maximum Gasteiger partial charge on any atom is 0.240 e. The highest BCUT2D eigenvalue weighted by atomic mass is 32.2. The van der Waals surface area contributed by atoms with Crippen LogP contribution in [0.15, 0.2) is 29.2 Å². The number of sulfonamides is 1. The molecule has 3 N–H and O–H groups in total. The molecular weight excluding hydrogens is 276 g/mol. The van der Waals surface area contributed by atoms with Crippen LogP contribution in [0.2, 0.25) is 0 Å². The predicted octanol–water partition coefficient (Wildman–Crippen LogP) is 1.74. The van der Waals surface area contributed by atoms with E-state index in [0.717, 1.165) is 6.42 Å². The van der Waals surface area contributed by atoms with Gasteiger partial charge in [-0.2, -0.15) is 0 Å². The maximum atomic E-state index is 12.2. The molecule has 20 heavy (non-hydrogen) atoms. The zero-order valence-electron chi connectivity index (χ0n) is 12.3. The Morgan fingerprint density at radius 2 is 1.85 bits per heavy atom. The number of ether oxygens (including phenoxy) is 1. The molecule has 0 heterocycles. The lowest BCUT2D eigenvalue weighted by Gasteiger charge is -2.20. The van der Waals surface area contributed by atoms with Gasteiger partial charge in [-0.15, -0.1) is 0 Å². The Kier molecular flexibility index (Phi) is 6.45. The summed E-state index contributed by atoms with van der Waals surface area (Å²) >= 11 is 0. The second-order valence-electron chi connectivity index (χ2n) is 5.03. The molecule has 1 aromatic carbocycles. The summed E-state index contributed by atoms with van der Waals surface area (Å²) in [5, 5.41) is 0. The largest absolute Gasteiger partial charge is 0.494 e. The average molecular weight is 300 g/mol. The third-order valence-electron chi connectivity index (χ3n) is 2.97. The van der Waals surface area contributed by atoms with Crippen molar-refractivity contribution >= 4 is 10.0 Å². The minimum Gasteiger partial charge on any atom is -0.494 e. The smallest absolute Gasteiger partial charge is 0.240 e. The van der Waals surface area contributed by atoms with Crippen LogP contribution in [0.25, 0.3) is 0 Å². The lowest BCUT2D eigenvalue weighted by atomic mass is 10.1. The van der Waals surface area contributed by atoms with E-state index in [4.69, 9.17) is 10.5 Å². The first-order valence-electron chi connectivity index (χ1n) is 6.86. The van der Waals surface area contributed by atoms with E-state index in [1.54, 1.807) is 24.3 Å². The standard InChI is InChI=1S/C14H24N2O3S/c1-4-9-19-12-5-7-13(8-6-12)20(17,18)16-14(10-15)11(2)3/h5-8,11,14,16H,4,9-10,15H2,1-3H3. The Bertz CT molecular complexity index is 498. The van der Waals surface area contributed by atoms with Crippen molar-refractivity contribution in [2.24, 2.45) is 11.7 Å². The van der Waals surface area contributed by atoms with Crippen LogP contribution in [-0.2, 0) is 10.0 Å². The van der Waals surface area contributed by atoms with Gasteiger partial charge in [0.1, 0.15) is 5.75 Å². The third kappa shape index (κ3) is 4.77. The first kappa shape index (κ1) is 16.9. The van der Waals surface area contributed by atoms with Crippen LogP contribution >= 0.6 is 0 Å². The first-order chi connectivity index (χ1) is 9.40. The van der Waals surface area contributed by atoms with E-state index < -0.39 is 10.0 Å². The Morgan fingerprint density at radius 1 is 1.25 bits per heavy atom. The Balaban J connectivity index is 2.82. The fraction of sp³-hybridized carbons (Fsp3) is 0.571. The van der Waals surface area contributed by atoms with Crippen molar-refractivity contribution in [2.75, 3.05) is 13.2 Å². The minimum atomic E-state index is -3.54. The summed E-state index contributed by atoms with van der Waals surface area (Å²) in [6.07, 6.45) is 0.911. The Hall–Kier alpha value is -1.11. The van der Waals surface area contributed by atoms with Crippen LogP contribution in [0.5, 0.6) is 5.75 Å². The number of nitrogens with two attached hydrogens (primary N) is 1. The van der Waals surface area contributed by atoms with Gasteiger partial charge in [0.15, 0.2) is 0 Å². The van der Waals surface area contributed by atoms with Crippen molar-refractivity contribution < 1.29 is 13.2 Å². The molecule has 1 rings (SSSR count). The van der Waals surface area contributed by atoms with Crippen molar-refractivity contribution in [2.45, 2.75) is 38.1 Å². The topological polar surface area (TPSA) is 81.4 Å². The van der Waals surface area contributed by atoms with E-state index in [0.29, 0.717) is 12.4 Å². The molecule has 1 aromatic rings. The maximum absolute atomic E-state index is 12.2. The molecule has 0 radical (unpaired) electrons. The van der Waals surface area contributed by atoms with E-state index in [2.05, 4.69) is 4.72 Å². The van der Waals surface area contributed by atoms with E-state index in [1.165, 1.54) is 0 Å². The predicted molar refractivity (Wildman–Crippen MR) is 80.2 cm³/mol. The highest BCUT2D eigenvalue weighted by molar-refractivity contribution is 7.89. The van der Waals surface area contributed by atoms with Crippen molar-refractivity contribution in [3.63, 3.8) is 0 Å². The van der Waals surface area contributed by atoms with Crippen LogP contribution in [0.1, 0.15) is 27.2 Å². The fourth-order valence-corrected chi connectivity index (χ4v) is 3.06. The lowest BCUT2D eigenvalue weighted by molar-refractivity contribution is 0.317. The molecule has 0 aliphatic carbocycles. The number of rotatable bonds is 8. The number of nitrogens with one attached hydrogen (secondary N) is 1. The molecule has 0 fully saturated rings. The highest BCUT2D eigenvalue weighted by Gasteiger charge is 2.21. The molecule has 0 saturated carbocycles. The molecule has 6 heteroatoms. The second-order valence-corrected chi connectivity index (χ2v) is 6.74. The van der Waals surface area contributed by atoms with Gasteiger partial charge in [0, 0.05) is 12.6 Å². The lowest BCUT2D eigenvalue weighted by Crippen LogP contribution is -2.43. The average Bonchev–Trinajstić information content (AvgIpc) is 2.42. The zero-order chi connectivity index (χ0) is 15.2. The molecule has 0 aromatic heterocycles. The van der Waals surface area contributed by atoms with Crippen molar-refractivity contribution in [3.8, 4) is 5.75 Å². The van der Waals surface area contributed by atoms with E-state index in [-0.39, 0.29) is 23.4 Å². The van der Waals surface area contributed by atoms with Gasteiger partial charge in [0.05, 0.1) is 11.5 Å². The summed E-state index contributed by atoms with van der Waals surface area (Å²) in [6.45, 7) is 6.77. The molecule has 1 atom stereocenters. The molecule has 0 bridgehead atoms. The fourth-order valence-electron chi connectivity index (χ4n) is 1.66. The van der Waals surface area contributed by atoms with E-state index in [9.17, 15) is 8.42 Å². The molecule has 0 spiro atoms. The Labute approximate surface area is 121 Å². The highest BCUT2D eigenvalue weighted by Crippen LogP contribution is 2.17. The van der Waals surface area contributed by atoms with Gasteiger partial charge in [-0.05, 0) is 36.6 Å². The van der Waals surface area contributed by atoms with Crippen LogP contribution < -0.4 is 15.2 Å². The van der Waals surface area contributed by atoms with Gasteiger partial charge in [-0.3, -0.25) is 0 Å². The van der Waals surface area contributed by atoms with Gasteiger partial charge in [0.25, 0.3) is 0 Å².